The molecule has 1 aromatic carbocycles. The van der Waals surface area contributed by atoms with Crippen LogP contribution >= 0.6 is 0 Å². The van der Waals surface area contributed by atoms with Crippen molar-refractivity contribution in [3.8, 4) is 17.6 Å². The molecule has 0 spiro atoms. The van der Waals surface area contributed by atoms with Crippen LogP contribution in [0.2, 0.25) is 0 Å². The molecule has 2 aromatic heterocycles. The molecule has 0 bridgehead atoms. The first-order valence-corrected chi connectivity index (χ1v) is 6.65. The Balaban J connectivity index is 2.02. The molecular formula is C18H14N2O. The number of nitrogens with zero attached hydrogens (tertiary/aromatic N) is 2. The van der Waals surface area contributed by atoms with E-state index in [-0.39, 0.29) is 0 Å². The van der Waals surface area contributed by atoms with Crippen LogP contribution in [0.1, 0.15) is 17.0 Å². The first kappa shape index (κ1) is 13.1. The van der Waals surface area contributed by atoms with E-state index in [0.29, 0.717) is 0 Å². The van der Waals surface area contributed by atoms with Crippen molar-refractivity contribution in [3.63, 3.8) is 0 Å². The Morgan fingerprint density at radius 3 is 2.71 bits per heavy atom. The highest BCUT2D eigenvalue weighted by Gasteiger charge is 2.02. The zero-order chi connectivity index (χ0) is 14.7. The maximum atomic E-state index is 5.33. The van der Waals surface area contributed by atoms with Crippen molar-refractivity contribution in [1.82, 2.24) is 9.97 Å². The summed E-state index contributed by atoms with van der Waals surface area (Å²) in [4.78, 5) is 8.81. The predicted octanol–water partition coefficient (Wildman–Crippen LogP) is 3.35. The summed E-state index contributed by atoms with van der Waals surface area (Å²) in [6.07, 6.45) is 1.75. The lowest BCUT2D eigenvalue weighted by molar-refractivity contribution is 0.420. The summed E-state index contributed by atoms with van der Waals surface area (Å²) < 4.78 is 5.33. The van der Waals surface area contributed by atoms with E-state index >= 15 is 0 Å². The smallest absolute Gasteiger partial charge is 0.128 e. The molecular weight excluding hydrogens is 260 g/mol. The average Bonchev–Trinajstić information content (AvgIpc) is 2.53. The summed E-state index contributed by atoms with van der Waals surface area (Å²) >= 11 is 0. The quantitative estimate of drug-likeness (QED) is 0.638. The standard InChI is InChI=1S/C18H14N2O/c1-13-5-4-12-19-16(13)11-9-14-8-10-15-17(20-14)6-3-7-18(15)21-2/h3-8,10,12H,1-2H3. The zero-order valence-electron chi connectivity index (χ0n) is 11.9. The second kappa shape index (κ2) is 5.64. The third-order valence-corrected chi connectivity index (χ3v) is 3.23. The van der Waals surface area contributed by atoms with Gasteiger partial charge in [-0.3, -0.25) is 0 Å². The fraction of sp³-hybridized carbons (Fsp3) is 0.111. The van der Waals surface area contributed by atoms with Crippen molar-refractivity contribution in [2.75, 3.05) is 7.11 Å². The molecule has 21 heavy (non-hydrogen) atoms. The summed E-state index contributed by atoms with van der Waals surface area (Å²) in [6, 6.07) is 13.6. The van der Waals surface area contributed by atoms with E-state index in [2.05, 4.69) is 21.8 Å². The van der Waals surface area contributed by atoms with Crippen LogP contribution in [0.15, 0.2) is 48.7 Å². The summed E-state index contributed by atoms with van der Waals surface area (Å²) in [6.45, 7) is 2.00. The van der Waals surface area contributed by atoms with Crippen molar-refractivity contribution in [3.05, 3.63) is 65.6 Å². The number of aryl methyl sites for hydroxylation is 1. The van der Waals surface area contributed by atoms with Gasteiger partial charge in [-0.1, -0.05) is 12.1 Å². The number of hydrogen-bond acceptors (Lipinski definition) is 3. The third kappa shape index (κ3) is 2.70. The molecule has 2 heterocycles. The molecule has 3 rings (SSSR count). The van der Waals surface area contributed by atoms with Gasteiger partial charge in [0.15, 0.2) is 0 Å². The number of aromatic nitrogens is 2. The Morgan fingerprint density at radius 2 is 1.90 bits per heavy atom. The van der Waals surface area contributed by atoms with Crippen LogP contribution in [-0.4, -0.2) is 17.1 Å². The van der Waals surface area contributed by atoms with Gasteiger partial charge >= 0.3 is 0 Å². The normalized spacial score (nSPS) is 10.0. The van der Waals surface area contributed by atoms with Crippen LogP contribution < -0.4 is 4.74 Å². The van der Waals surface area contributed by atoms with Gasteiger partial charge in [-0.05, 0) is 54.7 Å². The average molecular weight is 274 g/mol. The van der Waals surface area contributed by atoms with Crippen LogP contribution in [0.3, 0.4) is 0 Å². The molecule has 3 heteroatoms. The van der Waals surface area contributed by atoms with E-state index in [4.69, 9.17) is 4.74 Å². The summed E-state index contributed by atoms with van der Waals surface area (Å²) in [5, 5.41) is 0.986. The lowest BCUT2D eigenvalue weighted by atomic mass is 10.1. The molecule has 0 N–H and O–H groups in total. The molecule has 102 valence electrons. The van der Waals surface area contributed by atoms with Crippen LogP contribution in [-0.2, 0) is 0 Å². The monoisotopic (exact) mass is 274 g/mol. The molecule has 0 radical (unpaired) electrons. The van der Waals surface area contributed by atoms with Crippen molar-refractivity contribution >= 4 is 10.9 Å². The first-order valence-electron chi connectivity index (χ1n) is 6.65. The van der Waals surface area contributed by atoms with Crippen molar-refractivity contribution in [2.24, 2.45) is 0 Å². The van der Waals surface area contributed by atoms with Gasteiger partial charge in [-0.25, -0.2) is 9.97 Å². The lowest BCUT2D eigenvalue weighted by Gasteiger charge is -2.04. The van der Waals surface area contributed by atoms with E-state index in [1.54, 1.807) is 13.3 Å². The molecule has 0 saturated carbocycles. The highest BCUT2D eigenvalue weighted by atomic mass is 16.5. The number of benzene rings is 1. The molecule has 3 nitrogen and oxygen atoms in total. The Hall–Kier alpha value is -2.86. The Labute approximate surface area is 123 Å². The maximum absolute atomic E-state index is 5.33. The minimum atomic E-state index is 0.723. The molecule has 0 unspecified atom stereocenters. The Kier molecular flexibility index (Phi) is 3.53. The van der Waals surface area contributed by atoms with Gasteiger partial charge in [0.05, 0.1) is 12.6 Å². The number of rotatable bonds is 1. The van der Waals surface area contributed by atoms with Crippen molar-refractivity contribution in [1.29, 1.82) is 0 Å². The Bertz CT molecular complexity index is 860. The SMILES string of the molecule is COc1cccc2nc(C#Cc3ncccc3C)ccc12. The van der Waals surface area contributed by atoms with Gasteiger partial charge in [0.2, 0.25) is 0 Å². The van der Waals surface area contributed by atoms with Crippen LogP contribution in [0.25, 0.3) is 10.9 Å². The topological polar surface area (TPSA) is 35.0 Å². The second-order valence-electron chi connectivity index (χ2n) is 4.64. The predicted molar refractivity (Wildman–Crippen MR) is 83.2 cm³/mol. The second-order valence-corrected chi connectivity index (χ2v) is 4.64. The molecule has 0 atom stereocenters. The maximum Gasteiger partial charge on any atom is 0.128 e. The number of hydrogen-bond donors (Lipinski definition) is 0. The van der Waals surface area contributed by atoms with E-state index in [0.717, 1.165) is 33.6 Å². The fourth-order valence-corrected chi connectivity index (χ4v) is 2.11. The van der Waals surface area contributed by atoms with Gasteiger partial charge in [0.25, 0.3) is 0 Å². The fourth-order valence-electron chi connectivity index (χ4n) is 2.11. The van der Waals surface area contributed by atoms with E-state index < -0.39 is 0 Å². The number of pyridine rings is 2. The minimum Gasteiger partial charge on any atom is -0.496 e. The molecule has 0 aliphatic rings. The number of ether oxygens (including phenoxy) is 1. The van der Waals surface area contributed by atoms with Gasteiger partial charge in [0.1, 0.15) is 17.1 Å². The zero-order valence-corrected chi connectivity index (χ0v) is 11.9. The number of fused-ring (bicyclic) bond motifs is 1. The third-order valence-electron chi connectivity index (χ3n) is 3.23. The van der Waals surface area contributed by atoms with Crippen LogP contribution in [0, 0.1) is 18.8 Å². The van der Waals surface area contributed by atoms with Gasteiger partial charge < -0.3 is 4.74 Å². The highest BCUT2D eigenvalue weighted by Crippen LogP contribution is 2.23. The molecule has 0 aliphatic heterocycles. The summed E-state index contributed by atoms with van der Waals surface area (Å²) in [5.74, 6) is 6.95. The van der Waals surface area contributed by atoms with Crippen molar-refractivity contribution < 1.29 is 4.74 Å². The summed E-state index contributed by atoms with van der Waals surface area (Å²) in [5.41, 5.74) is 3.44. The minimum absolute atomic E-state index is 0.723. The largest absolute Gasteiger partial charge is 0.496 e. The number of methoxy groups -OCH3 is 1. The molecule has 3 aromatic rings. The van der Waals surface area contributed by atoms with Crippen molar-refractivity contribution in [2.45, 2.75) is 6.92 Å². The lowest BCUT2D eigenvalue weighted by Crippen LogP contribution is -1.90. The van der Waals surface area contributed by atoms with Gasteiger partial charge in [-0.2, -0.15) is 0 Å². The summed E-state index contributed by atoms with van der Waals surface area (Å²) in [7, 11) is 1.66. The molecule has 0 aliphatic carbocycles. The molecule has 0 saturated heterocycles. The van der Waals surface area contributed by atoms with Gasteiger partial charge in [0, 0.05) is 11.6 Å². The molecule has 0 fully saturated rings. The van der Waals surface area contributed by atoms with E-state index in [1.807, 2.05) is 49.4 Å². The Morgan fingerprint density at radius 1 is 1.00 bits per heavy atom. The van der Waals surface area contributed by atoms with Crippen LogP contribution in [0.4, 0.5) is 0 Å². The van der Waals surface area contributed by atoms with Gasteiger partial charge in [-0.15, -0.1) is 0 Å². The molecule has 0 amide bonds. The van der Waals surface area contributed by atoms with E-state index in [9.17, 15) is 0 Å². The van der Waals surface area contributed by atoms with Crippen LogP contribution in [0.5, 0.6) is 5.75 Å². The first-order chi connectivity index (χ1) is 10.3. The van der Waals surface area contributed by atoms with E-state index in [1.165, 1.54) is 0 Å². The highest BCUT2D eigenvalue weighted by molar-refractivity contribution is 5.85.